The van der Waals surface area contributed by atoms with Gasteiger partial charge < -0.3 is 9.30 Å². The first kappa shape index (κ1) is 19.5. The van der Waals surface area contributed by atoms with Gasteiger partial charge in [0.25, 0.3) is 0 Å². The maximum atomic E-state index is 12.7. The van der Waals surface area contributed by atoms with E-state index in [1.807, 2.05) is 54.0 Å². The van der Waals surface area contributed by atoms with Crippen LogP contribution in [0.5, 0.6) is 0 Å². The third-order valence-electron chi connectivity index (χ3n) is 4.44. The van der Waals surface area contributed by atoms with Crippen LogP contribution in [0.2, 0.25) is 0 Å². The number of pyridine rings is 1. The topological polar surface area (TPSA) is 61.2 Å². The fraction of sp³-hybridized carbons (Fsp3) is 0.136. The highest BCUT2D eigenvalue weighted by Crippen LogP contribution is 2.28. The van der Waals surface area contributed by atoms with E-state index < -0.39 is 5.97 Å². The number of aromatic nitrogens is 2. The monoisotopic (exact) mass is 468 g/mol. The zero-order valence-electron chi connectivity index (χ0n) is 15.8. The highest BCUT2D eigenvalue weighted by atomic mass is 79.9. The molecule has 0 aliphatic carbocycles. The average molecular weight is 469 g/mol. The second kappa shape index (κ2) is 7.93. The minimum Gasteiger partial charge on any atom is -0.462 e. The van der Waals surface area contributed by atoms with Gasteiger partial charge in [0.05, 0.1) is 27.5 Å². The molecule has 0 fully saturated rings. The number of hydrogen-bond acceptors (Lipinski definition) is 5. The Hall–Kier alpha value is -2.77. The molecule has 7 heteroatoms. The summed E-state index contributed by atoms with van der Waals surface area (Å²) >= 11 is 5.04. The van der Waals surface area contributed by atoms with Gasteiger partial charge in [0.1, 0.15) is 5.56 Å². The Labute approximate surface area is 179 Å². The Morgan fingerprint density at radius 2 is 1.93 bits per heavy atom. The number of aryl methyl sites for hydroxylation is 1. The lowest BCUT2D eigenvalue weighted by Gasteiger charge is -2.15. The van der Waals surface area contributed by atoms with E-state index in [0.717, 1.165) is 30.9 Å². The molecule has 0 atom stereocenters. The fourth-order valence-corrected chi connectivity index (χ4v) is 4.26. The van der Waals surface area contributed by atoms with Crippen LogP contribution in [0.3, 0.4) is 0 Å². The van der Waals surface area contributed by atoms with Crippen molar-refractivity contribution < 1.29 is 9.53 Å². The number of esters is 1. The van der Waals surface area contributed by atoms with E-state index in [9.17, 15) is 9.59 Å². The summed E-state index contributed by atoms with van der Waals surface area (Å²) in [6, 6.07) is 15.1. The minimum absolute atomic E-state index is 0.00768. The summed E-state index contributed by atoms with van der Waals surface area (Å²) in [7, 11) is 0. The van der Waals surface area contributed by atoms with Gasteiger partial charge in [-0.3, -0.25) is 4.79 Å². The van der Waals surface area contributed by atoms with Crippen LogP contribution in [-0.4, -0.2) is 22.1 Å². The average Bonchev–Trinajstić information content (AvgIpc) is 3.07. The Morgan fingerprint density at radius 1 is 1.17 bits per heavy atom. The summed E-state index contributed by atoms with van der Waals surface area (Å²) in [5, 5.41) is 0.984. The molecule has 146 valence electrons. The van der Waals surface area contributed by atoms with Gasteiger partial charge in [-0.2, -0.15) is 0 Å². The van der Waals surface area contributed by atoms with Crippen LogP contribution in [0.25, 0.3) is 27.2 Å². The van der Waals surface area contributed by atoms with Crippen LogP contribution in [0.15, 0.2) is 64.0 Å². The summed E-state index contributed by atoms with van der Waals surface area (Å²) in [6.07, 6.45) is 1.56. The van der Waals surface area contributed by atoms with Gasteiger partial charge in [0, 0.05) is 22.4 Å². The zero-order chi connectivity index (χ0) is 20.5. The van der Waals surface area contributed by atoms with Gasteiger partial charge in [0.15, 0.2) is 5.43 Å². The van der Waals surface area contributed by atoms with Gasteiger partial charge in [-0.25, -0.2) is 9.78 Å². The molecule has 0 N–H and O–H groups in total. The number of benzene rings is 2. The number of nitrogens with zero attached hydrogens (tertiary/aromatic N) is 2. The number of carbonyl (C=O) groups excluding carboxylic acids is 1. The van der Waals surface area contributed by atoms with Crippen molar-refractivity contribution >= 4 is 43.5 Å². The molecule has 0 amide bonds. The van der Waals surface area contributed by atoms with Crippen molar-refractivity contribution in [1.82, 2.24) is 9.55 Å². The molecule has 29 heavy (non-hydrogen) atoms. The number of hydrogen-bond donors (Lipinski definition) is 0. The number of rotatable bonds is 4. The van der Waals surface area contributed by atoms with Gasteiger partial charge >= 0.3 is 5.97 Å². The molecule has 2 aromatic carbocycles. The van der Waals surface area contributed by atoms with Crippen molar-refractivity contribution in [3.8, 4) is 16.9 Å². The van der Waals surface area contributed by atoms with Crippen molar-refractivity contribution in [2.45, 2.75) is 13.8 Å². The van der Waals surface area contributed by atoms with Crippen LogP contribution in [0, 0.1) is 6.92 Å². The van der Waals surface area contributed by atoms with Crippen LogP contribution < -0.4 is 5.43 Å². The first-order valence-corrected chi connectivity index (χ1v) is 10.6. The highest BCUT2D eigenvalue weighted by molar-refractivity contribution is 9.10. The van der Waals surface area contributed by atoms with Crippen molar-refractivity contribution in [2.24, 2.45) is 0 Å². The Bertz CT molecular complexity index is 1280. The third-order valence-corrected chi connectivity index (χ3v) is 5.91. The Kier molecular flexibility index (Phi) is 5.34. The van der Waals surface area contributed by atoms with E-state index in [1.54, 1.807) is 24.5 Å². The largest absolute Gasteiger partial charge is 0.462 e. The van der Waals surface area contributed by atoms with Gasteiger partial charge in [-0.15, -0.1) is 11.3 Å². The molecule has 0 spiro atoms. The molecule has 0 saturated carbocycles. The van der Waals surface area contributed by atoms with Crippen molar-refractivity contribution in [1.29, 1.82) is 0 Å². The molecule has 0 saturated heterocycles. The molecule has 0 unspecified atom stereocenters. The molecule has 2 aromatic heterocycles. The molecule has 5 nitrogen and oxygen atoms in total. The second-order valence-electron chi connectivity index (χ2n) is 6.42. The van der Waals surface area contributed by atoms with Crippen LogP contribution in [0.1, 0.15) is 22.3 Å². The van der Waals surface area contributed by atoms with Crippen LogP contribution in [-0.2, 0) is 4.74 Å². The van der Waals surface area contributed by atoms with E-state index >= 15 is 0 Å². The lowest BCUT2D eigenvalue weighted by Crippen LogP contribution is -2.20. The van der Waals surface area contributed by atoms with E-state index in [4.69, 9.17) is 4.74 Å². The number of thiazole rings is 1. The number of halogens is 1. The van der Waals surface area contributed by atoms with Crippen molar-refractivity contribution in [3.05, 3.63) is 80.0 Å². The number of ether oxygens (including phenoxy) is 1. The summed E-state index contributed by atoms with van der Waals surface area (Å²) in [5.41, 5.74) is 2.95. The fourth-order valence-electron chi connectivity index (χ4n) is 3.13. The van der Waals surface area contributed by atoms with Gasteiger partial charge in [0.2, 0.25) is 0 Å². The molecule has 2 heterocycles. The molecular formula is C22H17BrN2O3S. The van der Waals surface area contributed by atoms with Gasteiger partial charge in [-0.1, -0.05) is 28.1 Å². The summed E-state index contributed by atoms with van der Waals surface area (Å²) < 4.78 is 8.90. The van der Waals surface area contributed by atoms with Crippen molar-refractivity contribution in [3.63, 3.8) is 0 Å². The lowest BCUT2D eigenvalue weighted by molar-refractivity contribution is 0.0524. The molecule has 4 rings (SSSR count). The molecule has 0 aliphatic heterocycles. The standard InChI is InChI=1S/C22H17BrN2O3S/c1-3-28-22(27)17-12-25(16-8-9-18-21(10-16)29-13(2)24-18)19(11-20(17)26)14-4-6-15(23)7-5-14/h4-12H,3H2,1-2H3. The van der Waals surface area contributed by atoms with Crippen molar-refractivity contribution in [2.75, 3.05) is 6.61 Å². The van der Waals surface area contributed by atoms with E-state index in [-0.39, 0.29) is 17.6 Å². The van der Waals surface area contributed by atoms with E-state index in [1.165, 1.54) is 6.07 Å². The molecule has 0 aliphatic rings. The SMILES string of the molecule is CCOC(=O)c1cn(-c2ccc3nc(C)sc3c2)c(-c2ccc(Br)cc2)cc1=O. The predicted octanol–water partition coefficient (Wildman–Crippen LogP) is 5.36. The first-order chi connectivity index (χ1) is 14.0. The zero-order valence-corrected chi connectivity index (χ0v) is 18.2. The molecule has 4 aromatic rings. The lowest BCUT2D eigenvalue weighted by atomic mass is 10.1. The molecule has 0 radical (unpaired) electrons. The van der Waals surface area contributed by atoms with Gasteiger partial charge in [-0.05, 0) is 49.7 Å². The first-order valence-electron chi connectivity index (χ1n) is 9.03. The number of fused-ring (bicyclic) bond motifs is 1. The van der Waals surface area contributed by atoms with Crippen LogP contribution >= 0.6 is 27.3 Å². The smallest absolute Gasteiger partial charge is 0.343 e. The van der Waals surface area contributed by atoms with E-state index in [2.05, 4.69) is 20.9 Å². The second-order valence-corrected chi connectivity index (χ2v) is 8.57. The molecule has 0 bridgehead atoms. The highest BCUT2D eigenvalue weighted by Gasteiger charge is 2.17. The normalized spacial score (nSPS) is 11.0. The summed E-state index contributed by atoms with van der Waals surface area (Å²) in [6.45, 7) is 3.89. The maximum absolute atomic E-state index is 12.7. The minimum atomic E-state index is -0.622. The predicted molar refractivity (Wildman–Crippen MR) is 119 cm³/mol. The third kappa shape index (κ3) is 3.88. The van der Waals surface area contributed by atoms with E-state index in [0.29, 0.717) is 5.69 Å². The summed E-state index contributed by atoms with van der Waals surface area (Å²) in [4.78, 5) is 29.5. The molecular weight excluding hydrogens is 452 g/mol. The Morgan fingerprint density at radius 3 is 2.66 bits per heavy atom. The van der Waals surface area contributed by atoms with Crippen LogP contribution in [0.4, 0.5) is 0 Å². The maximum Gasteiger partial charge on any atom is 0.343 e. The quantitative estimate of drug-likeness (QED) is 0.378. The Balaban J connectivity index is 1.96. The number of carbonyl (C=O) groups is 1. The summed E-state index contributed by atoms with van der Waals surface area (Å²) in [5.74, 6) is -0.622.